The zero-order valence-electron chi connectivity index (χ0n) is 26.0. The Labute approximate surface area is 246 Å². The van der Waals surface area contributed by atoms with Crippen molar-refractivity contribution in [2.24, 2.45) is 0 Å². The van der Waals surface area contributed by atoms with Crippen molar-refractivity contribution in [2.45, 2.75) is 115 Å². The minimum absolute atomic E-state index is 0.0121. The number of carbonyl (C=O) groups excluding carboxylic acids is 1. The van der Waals surface area contributed by atoms with E-state index in [-0.39, 0.29) is 18.0 Å². The SMILES string of the molecule is CC(C)N(C(C)C)C(C)c1ccc2c(c1C(C)N(C(C)C)C(C)C)N(C(=O)c1ccccc1)c1ccccc1S2. The van der Waals surface area contributed by atoms with Gasteiger partial charge in [0.25, 0.3) is 5.91 Å². The third-order valence-electron chi connectivity index (χ3n) is 8.13. The van der Waals surface area contributed by atoms with Crippen LogP contribution in [0.5, 0.6) is 0 Å². The molecule has 2 atom stereocenters. The third-order valence-corrected chi connectivity index (χ3v) is 9.25. The summed E-state index contributed by atoms with van der Waals surface area (Å²) in [4.78, 5) is 23.9. The Hall–Kier alpha value is -2.60. The van der Waals surface area contributed by atoms with Crippen LogP contribution in [0.2, 0.25) is 0 Å². The highest BCUT2D eigenvalue weighted by molar-refractivity contribution is 7.99. The van der Waals surface area contributed by atoms with Crippen LogP contribution in [0.3, 0.4) is 0 Å². The lowest BCUT2D eigenvalue weighted by molar-refractivity contribution is 0.0993. The van der Waals surface area contributed by atoms with E-state index in [1.165, 1.54) is 11.1 Å². The lowest BCUT2D eigenvalue weighted by Gasteiger charge is -2.44. The second-order valence-corrected chi connectivity index (χ2v) is 13.2. The van der Waals surface area contributed by atoms with Gasteiger partial charge in [0.15, 0.2) is 0 Å². The van der Waals surface area contributed by atoms with Gasteiger partial charge >= 0.3 is 0 Å². The zero-order valence-corrected chi connectivity index (χ0v) is 26.8. The number of anilines is 2. The molecule has 3 aromatic carbocycles. The summed E-state index contributed by atoms with van der Waals surface area (Å²) < 4.78 is 0. The van der Waals surface area contributed by atoms with Gasteiger partial charge in [-0.2, -0.15) is 0 Å². The van der Waals surface area contributed by atoms with E-state index in [1.54, 1.807) is 11.8 Å². The summed E-state index contributed by atoms with van der Waals surface area (Å²) in [6, 6.07) is 24.4. The molecule has 0 saturated heterocycles. The number of amides is 1. The molecule has 5 heteroatoms. The molecule has 2 unspecified atom stereocenters. The predicted octanol–water partition coefficient (Wildman–Crippen LogP) is 9.49. The summed E-state index contributed by atoms with van der Waals surface area (Å²) in [5, 5.41) is 0. The molecule has 1 heterocycles. The molecule has 4 rings (SSSR count). The average molecular weight is 558 g/mol. The Balaban J connectivity index is 2.05. The summed E-state index contributed by atoms with van der Waals surface area (Å²) in [6.45, 7) is 22.9. The zero-order chi connectivity index (χ0) is 29.3. The fourth-order valence-corrected chi connectivity index (χ4v) is 7.98. The van der Waals surface area contributed by atoms with E-state index in [0.29, 0.717) is 29.7 Å². The highest BCUT2D eigenvalue weighted by Gasteiger charge is 2.37. The molecule has 40 heavy (non-hydrogen) atoms. The largest absolute Gasteiger partial charge is 0.292 e. The van der Waals surface area contributed by atoms with E-state index in [1.807, 2.05) is 41.3 Å². The van der Waals surface area contributed by atoms with Gasteiger partial charge in [-0.3, -0.25) is 19.5 Å². The number of hydrogen-bond acceptors (Lipinski definition) is 4. The van der Waals surface area contributed by atoms with Crippen molar-refractivity contribution in [3.63, 3.8) is 0 Å². The molecule has 0 aromatic heterocycles. The van der Waals surface area contributed by atoms with Crippen LogP contribution in [0.1, 0.15) is 103 Å². The fraction of sp³-hybridized carbons (Fsp3) is 0.457. The lowest BCUT2D eigenvalue weighted by atomic mass is 9.90. The quantitative estimate of drug-likeness (QED) is 0.262. The van der Waals surface area contributed by atoms with E-state index < -0.39 is 0 Å². The maximum Gasteiger partial charge on any atom is 0.262 e. The molecule has 4 nitrogen and oxygen atoms in total. The van der Waals surface area contributed by atoms with Crippen molar-refractivity contribution in [1.29, 1.82) is 0 Å². The molecule has 214 valence electrons. The van der Waals surface area contributed by atoms with Gasteiger partial charge in [-0.25, -0.2) is 0 Å². The van der Waals surface area contributed by atoms with Crippen molar-refractivity contribution in [1.82, 2.24) is 9.80 Å². The molecule has 0 bridgehead atoms. The Bertz CT molecular complexity index is 1300. The molecular formula is C35H47N3OS. The van der Waals surface area contributed by atoms with Crippen molar-refractivity contribution < 1.29 is 4.79 Å². The maximum atomic E-state index is 14.5. The highest BCUT2D eigenvalue weighted by Crippen LogP contribution is 2.53. The Morgan fingerprint density at radius 1 is 0.625 bits per heavy atom. The van der Waals surface area contributed by atoms with Gasteiger partial charge in [-0.15, -0.1) is 0 Å². The first-order chi connectivity index (χ1) is 19.0. The van der Waals surface area contributed by atoms with Crippen molar-refractivity contribution >= 4 is 29.0 Å². The molecule has 1 aliphatic heterocycles. The maximum absolute atomic E-state index is 14.5. The van der Waals surface area contributed by atoms with Crippen LogP contribution in [0.25, 0.3) is 0 Å². The summed E-state index contributed by atoms with van der Waals surface area (Å²) in [5.74, 6) is 0.0121. The number of fused-ring (bicyclic) bond motifs is 2. The molecule has 0 spiro atoms. The van der Waals surface area contributed by atoms with Gasteiger partial charge in [0.05, 0.1) is 11.4 Å². The number of rotatable bonds is 9. The van der Waals surface area contributed by atoms with Crippen molar-refractivity contribution in [2.75, 3.05) is 4.90 Å². The van der Waals surface area contributed by atoms with Gasteiger partial charge in [-0.05, 0) is 111 Å². The van der Waals surface area contributed by atoms with Crippen LogP contribution in [0.4, 0.5) is 11.4 Å². The minimum Gasteiger partial charge on any atom is -0.292 e. The van der Waals surface area contributed by atoms with E-state index >= 15 is 0 Å². The second-order valence-electron chi connectivity index (χ2n) is 12.1. The number of para-hydroxylation sites is 1. The molecule has 0 radical (unpaired) electrons. The Kier molecular flexibility index (Phi) is 9.49. The van der Waals surface area contributed by atoms with Crippen LogP contribution in [-0.4, -0.2) is 39.9 Å². The van der Waals surface area contributed by atoms with E-state index in [4.69, 9.17) is 0 Å². The van der Waals surface area contributed by atoms with Crippen LogP contribution >= 0.6 is 11.8 Å². The number of benzene rings is 3. The topological polar surface area (TPSA) is 26.8 Å². The van der Waals surface area contributed by atoms with Crippen LogP contribution in [-0.2, 0) is 0 Å². The van der Waals surface area contributed by atoms with Gasteiger partial charge < -0.3 is 0 Å². The predicted molar refractivity (Wildman–Crippen MR) is 171 cm³/mol. The minimum atomic E-state index is 0.0121. The van der Waals surface area contributed by atoms with Gasteiger partial charge in [-0.1, -0.05) is 48.2 Å². The number of nitrogens with zero attached hydrogens (tertiary/aromatic N) is 3. The Morgan fingerprint density at radius 2 is 1.15 bits per heavy atom. The van der Waals surface area contributed by atoms with E-state index in [2.05, 4.69) is 109 Å². The third kappa shape index (κ3) is 5.74. The summed E-state index contributed by atoms with van der Waals surface area (Å²) in [7, 11) is 0. The molecule has 0 saturated carbocycles. The van der Waals surface area contributed by atoms with Crippen molar-refractivity contribution in [3.05, 3.63) is 83.4 Å². The van der Waals surface area contributed by atoms with E-state index in [9.17, 15) is 4.79 Å². The monoisotopic (exact) mass is 557 g/mol. The fourth-order valence-electron chi connectivity index (χ4n) is 6.90. The van der Waals surface area contributed by atoms with Crippen LogP contribution < -0.4 is 4.90 Å². The molecule has 3 aromatic rings. The Morgan fingerprint density at radius 3 is 1.73 bits per heavy atom. The van der Waals surface area contributed by atoms with E-state index in [0.717, 1.165) is 21.2 Å². The second kappa shape index (κ2) is 12.5. The molecule has 0 fully saturated rings. The average Bonchev–Trinajstić information content (AvgIpc) is 2.90. The molecule has 0 N–H and O–H groups in total. The summed E-state index contributed by atoms with van der Waals surface area (Å²) >= 11 is 1.77. The normalized spacial score (nSPS) is 14.8. The van der Waals surface area contributed by atoms with Crippen LogP contribution in [0, 0.1) is 0 Å². The van der Waals surface area contributed by atoms with Gasteiger partial charge in [0.2, 0.25) is 0 Å². The van der Waals surface area contributed by atoms with Crippen LogP contribution in [0.15, 0.2) is 76.5 Å². The lowest BCUT2D eigenvalue weighted by Crippen LogP contribution is -2.42. The first-order valence-corrected chi connectivity index (χ1v) is 15.6. The molecule has 1 aliphatic rings. The molecule has 1 amide bonds. The molecular weight excluding hydrogens is 510 g/mol. The van der Waals surface area contributed by atoms with Crippen molar-refractivity contribution in [3.8, 4) is 0 Å². The first-order valence-electron chi connectivity index (χ1n) is 14.8. The number of carbonyl (C=O) groups is 1. The van der Waals surface area contributed by atoms with Gasteiger partial charge in [0.1, 0.15) is 0 Å². The number of hydrogen-bond donors (Lipinski definition) is 0. The highest BCUT2D eigenvalue weighted by atomic mass is 32.2. The smallest absolute Gasteiger partial charge is 0.262 e. The summed E-state index contributed by atoms with van der Waals surface area (Å²) in [5.41, 5.74) is 5.24. The summed E-state index contributed by atoms with van der Waals surface area (Å²) in [6.07, 6.45) is 0. The first kappa shape index (κ1) is 30.4. The molecule has 0 aliphatic carbocycles. The van der Waals surface area contributed by atoms with Gasteiger partial charge in [0, 0.05) is 51.6 Å². The standard InChI is InChI=1S/C35H47N3OS/c1-22(2)36(23(3)4)26(9)29-20-21-32-34(33(29)27(10)37(24(5)6)25(7)8)38(30-18-14-15-19-31(30)40-32)35(39)28-16-12-11-13-17-28/h11-27H,1-10H3.